The maximum absolute atomic E-state index is 5.53. The van der Waals surface area contributed by atoms with Crippen molar-refractivity contribution in [1.29, 1.82) is 0 Å². The normalized spacial score (nSPS) is 35.3. The van der Waals surface area contributed by atoms with Crippen LogP contribution in [0.1, 0.15) is 25.7 Å². The van der Waals surface area contributed by atoms with Crippen LogP contribution in [-0.4, -0.2) is 74.4 Å². The Morgan fingerprint density at radius 1 is 1.17 bits per heavy atom. The molecular formula is C14H27N3O. The molecule has 0 aromatic carbocycles. The van der Waals surface area contributed by atoms with Crippen molar-refractivity contribution in [3.63, 3.8) is 0 Å². The average Bonchev–Trinajstić information content (AvgIpc) is 2.76. The van der Waals surface area contributed by atoms with Crippen molar-refractivity contribution in [1.82, 2.24) is 15.1 Å². The largest absolute Gasteiger partial charge is 0.379 e. The Bertz CT molecular complexity index is 255. The maximum atomic E-state index is 5.53. The molecule has 0 aliphatic carbocycles. The van der Waals surface area contributed by atoms with E-state index in [1.54, 1.807) is 0 Å². The molecule has 0 amide bonds. The molecule has 4 nitrogen and oxygen atoms in total. The molecule has 0 aromatic rings. The zero-order chi connectivity index (χ0) is 12.2. The fourth-order valence-electron chi connectivity index (χ4n) is 3.63. The van der Waals surface area contributed by atoms with Crippen molar-refractivity contribution in [2.24, 2.45) is 0 Å². The summed E-state index contributed by atoms with van der Waals surface area (Å²) < 4.78 is 5.53. The van der Waals surface area contributed by atoms with Gasteiger partial charge < -0.3 is 15.0 Å². The summed E-state index contributed by atoms with van der Waals surface area (Å²) in [6.45, 7) is 9.32. The molecule has 0 spiro atoms. The van der Waals surface area contributed by atoms with Crippen LogP contribution in [0.4, 0.5) is 0 Å². The number of ether oxygens (including phenoxy) is 1. The van der Waals surface area contributed by atoms with Crippen molar-refractivity contribution in [2.75, 3.05) is 52.5 Å². The van der Waals surface area contributed by atoms with Crippen LogP contribution in [0.2, 0.25) is 0 Å². The Hall–Kier alpha value is -0.160. The van der Waals surface area contributed by atoms with E-state index in [1.807, 2.05) is 0 Å². The van der Waals surface area contributed by atoms with E-state index < -0.39 is 0 Å². The first-order chi connectivity index (χ1) is 8.92. The third-order valence-corrected chi connectivity index (χ3v) is 4.68. The van der Waals surface area contributed by atoms with Crippen LogP contribution in [0.5, 0.6) is 0 Å². The third-order valence-electron chi connectivity index (χ3n) is 4.68. The lowest BCUT2D eigenvalue weighted by Crippen LogP contribution is -2.44. The van der Waals surface area contributed by atoms with Crippen LogP contribution >= 0.6 is 0 Å². The SMILES string of the molecule is C1CC2CN(CCC3COCCN3)CCCN2C1. The first kappa shape index (κ1) is 12.9. The molecule has 0 radical (unpaired) electrons. The summed E-state index contributed by atoms with van der Waals surface area (Å²) >= 11 is 0. The topological polar surface area (TPSA) is 27.7 Å². The van der Waals surface area contributed by atoms with E-state index in [4.69, 9.17) is 4.74 Å². The summed E-state index contributed by atoms with van der Waals surface area (Å²) in [5.74, 6) is 0. The molecule has 3 aliphatic heterocycles. The minimum atomic E-state index is 0.585. The van der Waals surface area contributed by atoms with Crippen molar-refractivity contribution >= 4 is 0 Å². The van der Waals surface area contributed by atoms with Crippen LogP contribution < -0.4 is 5.32 Å². The van der Waals surface area contributed by atoms with E-state index in [-0.39, 0.29) is 0 Å². The summed E-state index contributed by atoms with van der Waals surface area (Å²) in [5, 5.41) is 3.56. The first-order valence-corrected chi connectivity index (χ1v) is 7.69. The maximum Gasteiger partial charge on any atom is 0.0620 e. The van der Waals surface area contributed by atoms with Crippen LogP contribution in [0, 0.1) is 0 Å². The average molecular weight is 253 g/mol. The second-order valence-electron chi connectivity index (χ2n) is 6.00. The molecule has 0 aromatic heterocycles. The van der Waals surface area contributed by atoms with Crippen LogP contribution in [-0.2, 0) is 4.74 Å². The summed E-state index contributed by atoms with van der Waals surface area (Å²) in [6, 6.07) is 1.43. The smallest absolute Gasteiger partial charge is 0.0620 e. The van der Waals surface area contributed by atoms with Crippen molar-refractivity contribution < 1.29 is 4.74 Å². The minimum Gasteiger partial charge on any atom is -0.379 e. The molecule has 3 heterocycles. The molecule has 2 unspecified atom stereocenters. The number of morpholine rings is 1. The predicted molar refractivity (Wildman–Crippen MR) is 72.9 cm³/mol. The number of rotatable bonds is 3. The second kappa shape index (κ2) is 6.33. The van der Waals surface area contributed by atoms with Crippen LogP contribution in [0.3, 0.4) is 0 Å². The summed E-state index contributed by atoms with van der Waals surface area (Å²) in [4.78, 5) is 5.40. The van der Waals surface area contributed by atoms with Gasteiger partial charge in [0.15, 0.2) is 0 Å². The summed E-state index contributed by atoms with van der Waals surface area (Å²) in [6.07, 6.45) is 5.43. The molecule has 104 valence electrons. The lowest BCUT2D eigenvalue weighted by Gasteiger charge is -2.29. The fraction of sp³-hybridized carbons (Fsp3) is 1.00. The second-order valence-corrected chi connectivity index (χ2v) is 6.00. The Balaban J connectivity index is 1.43. The number of nitrogens with one attached hydrogen (secondary N) is 1. The standard InChI is InChI=1S/C14H27N3O/c1-3-14-11-16(6-2-8-17(14)7-1)9-4-13-12-18-10-5-15-13/h13-15H,1-12H2. The van der Waals surface area contributed by atoms with Gasteiger partial charge in [-0.2, -0.15) is 0 Å². The highest BCUT2D eigenvalue weighted by molar-refractivity contribution is 4.85. The number of nitrogens with zero attached hydrogens (tertiary/aromatic N) is 2. The van der Waals surface area contributed by atoms with Gasteiger partial charge in [0, 0.05) is 25.2 Å². The van der Waals surface area contributed by atoms with Crippen molar-refractivity contribution in [2.45, 2.75) is 37.8 Å². The minimum absolute atomic E-state index is 0.585. The van der Waals surface area contributed by atoms with Crippen LogP contribution in [0.25, 0.3) is 0 Å². The number of hydrogen-bond donors (Lipinski definition) is 1. The van der Waals surface area contributed by atoms with E-state index in [0.29, 0.717) is 6.04 Å². The fourth-order valence-corrected chi connectivity index (χ4v) is 3.63. The lowest BCUT2D eigenvalue weighted by molar-refractivity contribution is 0.0695. The Kier molecular flexibility index (Phi) is 4.52. The highest BCUT2D eigenvalue weighted by atomic mass is 16.5. The summed E-state index contributed by atoms with van der Waals surface area (Å²) in [5.41, 5.74) is 0. The van der Waals surface area contributed by atoms with E-state index in [9.17, 15) is 0 Å². The molecule has 18 heavy (non-hydrogen) atoms. The molecule has 3 aliphatic rings. The van der Waals surface area contributed by atoms with E-state index in [0.717, 1.165) is 25.8 Å². The Morgan fingerprint density at radius 3 is 3.00 bits per heavy atom. The van der Waals surface area contributed by atoms with Gasteiger partial charge in [0.1, 0.15) is 0 Å². The van der Waals surface area contributed by atoms with Gasteiger partial charge >= 0.3 is 0 Å². The number of hydrogen-bond acceptors (Lipinski definition) is 4. The zero-order valence-corrected chi connectivity index (χ0v) is 11.4. The molecule has 3 rings (SSSR count). The van der Waals surface area contributed by atoms with Gasteiger partial charge in [-0.15, -0.1) is 0 Å². The van der Waals surface area contributed by atoms with Gasteiger partial charge in [-0.1, -0.05) is 0 Å². The van der Waals surface area contributed by atoms with Gasteiger partial charge in [-0.3, -0.25) is 4.90 Å². The van der Waals surface area contributed by atoms with Crippen molar-refractivity contribution in [3.05, 3.63) is 0 Å². The predicted octanol–water partition coefficient (Wildman–Crippen LogP) is 0.535. The molecule has 4 heteroatoms. The Morgan fingerprint density at radius 2 is 2.11 bits per heavy atom. The Labute approximate surface area is 111 Å². The first-order valence-electron chi connectivity index (χ1n) is 7.69. The van der Waals surface area contributed by atoms with Gasteiger partial charge in [0.25, 0.3) is 0 Å². The summed E-state index contributed by atoms with van der Waals surface area (Å²) in [7, 11) is 0. The quantitative estimate of drug-likeness (QED) is 0.794. The highest BCUT2D eigenvalue weighted by Gasteiger charge is 2.28. The third kappa shape index (κ3) is 3.23. The van der Waals surface area contributed by atoms with Crippen molar-refractivity contribution in [3.8, 4) is 0 Å². The van der Waals surface area contributed by atoms with E-state index in [1.165, 1.54) is 58.4 Å². The molecule has 0 saturated carbocycles. The monoisotopic (exact) mass is 253 g/mol. The molecule has 3 saturated heterocycles. The molecule has 3 fully saturated rings. The molecule has 2 atom stereocenters. The van der Waals surface area contributed by atoms with E-state index in [2.05, 4.69) is 15.1 Å². The van der Waals surface area contributed by atoms with Crippen LogP contribution in [0.15, 0.2) is 0 Å². The van der Waals surface area contributed by atoms with Gasteiger partial charge in [-0.05, 0) is 51.9 Å². The molecule has 0 bridgehead atoms. The van der Waals surface area contributed by atoms with E-state index >= 15 is 0 Å². The molecular weight excluding hydrogens is 226 g/mol. The lowest BCUT2D eigenvalue weighted by atomic mass is 10.1. The molecule has 1 N–H and O–H groups in total. The van der Waals surface area contributed by atoms with Gasteiger partial charge in [-0.25, -0.2) is 0 Å². The van der Waals surface area contributed by atoms with Gasteiger partial charge in [0.2, 0.25) is 0 Å². The highest BCUT2D eigenvalue weighted by Crippen LogP contribution is 2.21. The number of fused-ring (bicyclic) bond motifs is 1. The zero-order valence-electron chi connectivity index (χ0n) is 11.4. The van der Waals surface area contributed by atoms with Gasteiger partial charge in [0.05, 0.1) is 13.2 Å².